The van der Waals surface area contributed by atoms with Crippen LogP contribution < -0.4 is 15.8 Å². The molecule has 1 rings (SSSR count). The Kier molecular flexibility index (Phi) is 7.46. The van der Waals surface area contributed by atoms with E-state index >= 15 is 0 Å². The highest BCUT2D eigenvalue weighted by molar-refractivity contribution is 5.20. The van der Waals surface area contributed by atoms with Crippen molar-refractivity contribution in [2.24, 2.45) is 17.6 Å². The molecule has 0 bridgehead atoms. The van der Waals surface area contributed by atoms with E-state index in [1.807, 2.05) is 30.3 Å². The van der Waals surface area contributed by atoms with Crippen LogP contribution in [0.5, 0.6) is 5.75 Å². The van der Waals surface area contributed by atoms with E-state index in [0.29, 0.717) is 11.8 Å². The number of para-hydroxylation sites is 1. The number of benzene rings is 1. The topological polar surface area (TPSA) is 47.3 Å². The minimum absolute atomic E-state index is 0.569. The van der Waals surface area contributed by atoms with Gasteiger partial charge in [0, 0.05) is 0 Å². The minimum Gasteiger partial charge on any atom is -0.494 e. The Morgan fingerprint density at radius 2 is 1.94 bits per heavy atom. The van der Waals surface area contributed by atoms with Gasteiger partial charge < -0.3 is 15.8 Å². The Morgan fingerprint density at radius 1 is 1.22 bits per heavy atom. The van der Waals surface area contributed by atoms with E-state index in [0.717, 1.165) is 38.4 Å². The standard InChI is InChI=1S/C15H26N2O/c1-13(2)14(11-16)12-17-9-6-10-18-15-7-4-3-5-8-15/h3-5,7-8,13-14,17H,6,9-12,16H2,1-2H3. The van der Waals surface area contributed by atoms with Crippen LogP contribution in [0, 0.1) is 11.8 Å². The average Bonchev–Trinajstić information content (AvgIpc) is 2.38. The third kappa shape index (κ3) is 6.03. The van der Waals surface area contributed by atoms with Crippen LogP contribution in [0.25, 0.3) is 0 Å². The number of nitrogens with one attached hydrogen (secondary N) is 1. The summed E-state index contributed by atoms with van der Waals surface area (Å²) in [4.78, 5) is 0. The van der Waals surface area contributed by atoms with Crippen molar-refractivity contribution in [2.75, 3.05) is 26.2 Å². The molecule has 102 valence electrons. The number of ether oxygens (including phenoxy) is 1. The largest absolute Gasteiger partial charge is 0.494 e. The van der Waals surface area contributed by atoms with Gasteiger partial charge in [0.15, 0.2) is 0 Å². The molecule has 0 aliphatic carbocycles. The van der Waals surface area contributed by atoms with Crippen LogP contribution in [0.4, 0.5) is 0 Å². The summed E-state index contributed by atoms with van der Waals surface area (Å²) < 4.78 is 5.62. The highest BCUT2D eigenvalue weighted by atomic mass is 16.5. The molecular formula is C15H26N2O. The maximum atomic E-state index is 5.73. The Morgan fingerprint density at radius 3 is 2.56 bits per heavy atom. The summed E-state index contributed by atoms with van der Waals surface area (Å²) in [6.45, 7) is 7.93. The van der Waals surface area contributed by atoms with E-state index < -0.39 is 0 Å². The van der Waals surface area contributed by atoms with Gasteiger partial charge in [-0.15, -0.1) is 0 Å². The maximum Gasteiger partial charge on any atom is 0.119 e. The number of nitrogens with two attached hydrogens (primary N) is 1. The molecular weight excluding hydrogens is 224 g/mol. The van der Waals surface area contributed by atoms with E-state index in [9.17, 15) is 0 Å². The third-order valence-electron chi connectivity index (χ3n) is 3.16. The van der Waals surface area contributed by atoms with Crippen LogP contribution >= 0.6 is 0 Å². The summed E-state index contributed by atoms with van der Waals surface area (Å²) in [5.74, 6) is 2.16. The molecule has 3 N–H and O–H groups in total. The highest BCUT2D eigenvalue weighted by Gasteiger charge is 2.09. The smallest absolute Gasteiger partial charge is 0.119 e. The molecule has 0 amide bonds. The molecule has 0 aromatic heterocycles. The highest BCUT2D eigenvalue weighted by Crippen LogP contribution is 2.08. The molecule has 1 unspecified atom stereocenters. The summed E-state index contributed by atoms with van der Waals surface area (Å²) in [5.41, 5.74) is 5.73. The fourth-order valence-corrected chi connectivity index (χ4v) is 1.78. The van der Waals surface area contributed by atoms with Crippen molar-refractivity contribution >= 4 is 0 Å². The van der Waals surface area contributed by atoms with Gasteiger partial charge in [-0.05, 0) is 50.0 Å². The van der Waals surface area contributed by atoms with Crippen molar-refractivity contribution in [3.63, 3.8) is 0 Å². The van der Waals surface area contributed by atoms with Crippen LogP contribution in [-0.2, 0) is 0 Å². The molecule has 0 heterocycles. The Labute approximate surface area is 111 Å². The molecule has 1 atom stereocenters. The Hall–Kier alpha value is -1.06. The second-order valence-electron chi connectivity index (χ2n) is 4.96. The molecule has 3 nitrogen and oxygen atoms in total. The van der Waals surface area contributed by atoms with E-state index in [-0.39, 0.29) is 0 Å². The first-order chi connectivity index (χ1) is 8.74. The molecule has 0 saturated carbocycles. The number of hydrogen-bond donors (Lipinski definition) is 2. The van der Waals surface area contributed by atoms with Crippen molar-refractivity contribution in [1.82, 2.24) is 5.32 Å². The fraction of sp³-hybridized carbons (Fsp3) is 0.600. The Bertz CT molecular complexity index is 301. The van der Waals surface area contributed by atoms with Gasteiger partial charge >= 0.3 is 0 Å². The fourth-order valence-electron chi connectivity index (χ4n) is 1.78. The lowest BCUT2D eigenvalue weighted by molar-refractivity contribution is 0.302. The molecule has 0 spiro atoms. The number of hydrogen-bond acceptors (Lipinski definition) is 3. The molecule has 0 fully saturated rings. The number of rotatable bonds is 9. The van der Waals surface area contributed by atoms with Gasteiger partial charge in [0.05, 0.1) is 6.61 Å². The molecule has 0 radical (unpaired) electrons. The van der Waals surface area contributed by atoms with Gasteiger partial charge in [0.2, 0.25) is 0 Å². The average molecular weight is 250 g/mol. The molecule has 0 saturated heterocycles. The second-order valence-corrected chi connectivity index (χ2v) is 4.96. The molecule has 18 heavy (non-hydrogen) atoms. The van der Waals surface area contributed by atoms with Crippen LogP contribution in [0.15, 0.2) is 30.3 Å². The van der Waals surface area contributed by atoms with Crippen molar-refractivity contribution in [3.05, 3.63) is 30.3 Å². The lowest BCUT2D eigenvalue weighted by atomic mass is 9.96. The summed E-state index contributed by atoms with van der Waals surface area (Å²) >= 11 is 0. The summed E-state index contributed by atoms with van der Waals surface area (Å²) in [5, 5.41) is 3.44. The van der Waals surface area contributed by atoms with Crippen LogP contribution in [0.3, 0.4) is 0 Å². The molecule has 3 heteroatoms. The minimum atomic E-state index is 0.569. The normalized spacial score (nSPS) is 12.7. The summed E-state index contributed by atoms with van der Waals surface area (Å²) in [6, 6.07) is 9.94. The van der Waals surface area contributed by atoms with Gasteiger partial charge in [0.25, 0.3) is 0 Å². The van der Waals surface area contributed by atoms with Crippen LogP contribution in [0.2, 0.25) is 0 Å². The van der Waals surface area contributed by atoms with E-state index in [1.54, 1.807) is 0 Å². The quantitative estimate of drug-likeness (QED) is 0.661. The lowest BCUT2D eigenvalue weighted by Crippen LogP contribution is -2.32. The van der Waals surface area contributed by atoms with Gasteiger partial charge in [0.1, 0.15) is 5.75 Å². The molecule has 0 aliphatic heterocycles. The van der Waals surface area contributed by atoms with Gasteiger partial charge in [-0.1, -0.05) is 32.0 Å². The predicted molar refractivity (Wildman–Crippen MR) is 76.8 cm³/mol. The van der Waals surface area contributed by atoms with E-state index in [2.05, 4.69) is 19.2 Å². The lowest BCUT2D eigenvalue weighted by Gasteiger charge is -2.19. The summed E-state index contributed by atoms with van der Waals surface area (Å²) in [6.07, 6.45) is 1.02. The third-order valence-corrected chi connectivity index (χ3v) is 3.16. The second kappa shape index (κ2) is 8.95. The van der Waals surface area contributed by atoms with Crippen molar-refractivity contribution < 1.29 is 4.74 Å². The predicted octanol–water partition coefficient (Wildman–Crippen LogP) is 2.28. The van der Waals surface area contributed by atoms with Gasteiger partial charge in [-0.3, -0.25) is 0 Å². The van der Waals surface area contributed by atoms with Crippen molar-refractivity contribution in [2.45, 2.75) is 20.3 Å². The first kappa shape index (κ1) is 15.0. The van der Waals surface area contributed by atoms with E-state index in [1.165, 1.54) is 0 Å². The molecule has 0 aliphatic rings. The van der Waals surface area contributed by atoms with Crippen LogP contribution in [0.1, 0.15) is 20.3 Å². The Balaban J connectivity index is 2.02. The zero-order valence-corrected chi connectivity index (χ0v) is 11.6. The molecule has 1 aromatic rings. The first-order valence-electron chi connectivity index (χ1n) is 6.82. The zero-order chi connectivity index (χ0) is 13.2. The van der Waals surface area contributed by atoms with Crippen LogP contribution in [-0.4, -0.2) is 26.2 Å². The molecule has 1 aromatic carbocycles. The summed E-state index contributed by atoms with van der Waals surface area (Å²) in [7, 11) is 0. The monoisotopic (exact) mass is 250 g/mol. The zero-order valence-electron chi connectivity index (χ0n) is 11.6. The van der Waals surface area contributed by atoms with Gasteiger partial charge in [-0.2, -0.15) is 0 Å². The first-order valence-corrected chi connectivity index (χ1v) is 6.82. The van der Waals surface area contributed by atoms with Crippen molar-refractivity contribution in [3.8, 4) is 5.75 Å². The maximum absolute atomic E-state index is 5.73. The van der Waals surface area contributed by atoms with Crippen molar-refractivity contribution in [1.29, 1.82) is 0 Å². The van der Waals surface area contributed by atoms with E-state index in [4.69, 9.17) is 10.5 Å². The SMILES string of the molecule is CC(C)C(CN)CNCCCOc1ccccc1. The van der Waals surface area contributed by atoms with Gasteiger partial charge in [-0.25, -0.2) is 0 Å².